The highest BCUT2D eigenvalue weighted by Gasteiger charge is 2.35. The maximum atomic E-state index is 14.0. The smallest absolute Gasteiger partial charge is 0.256 e. The molecule has 4 saturated heterocycles. The van der Waals surface area contributed by atoms with Crippen molar-refractivity contribution in [3.63, 3.8) is 0 Å². The van der Waals surface area contributed by atoms with Crippen LogP contribution in [0.2, 0.25) is 20.4 Å². The molecule has 2 aromatic carbocycles. The number of halogens is 4. The molecule has 2 amide bonds. The first-order valence-electron chi connectivity index (χ1n) is 23.4. The van der Waals surface area contributed by atoms with E-state index in [2.05, 4.69) is 47.3 Å². The average Bonchev–Trinajstić information content (AvgIpc) is 3.96. The highest BCUT2D eigenvalue weighted by Crippen LogP contribution is 2.37. The van der Waals surface area contributed by atoms with E-state index in [9.17, 15) is 26.4 Å². The van der Waals surface area contributed by atoms with Crippen LogP contribution in [-0.2, 0) is 20.0 Å². The zero-order valence-electron chi connectivity index (χ0n) is 39.7. The third kappa shape index (κ3) is 11.6. The number of anilines is 4. The molecule has 0 unspecified atom stereocenters. The van der Waals surface area contributed by atoms with Crippen LogP contribution in [0.4, 0.5) is 23.0 Å². The number of benzene rings is 2. The second-order valence-electron chi connectivity index (χ2n) is 18.7. The van der Waals surface area contributed by atoms with Crippen molar-refractivity contribution in [3.8, 4) is 0 Å². The molecule has 4 aliphatic rings. The molecule has 10 rings (SSSR count). The summed E-state index contributed by atoms with van der Waals surface area (Å²) >= 11 is 24.6. The first-order chi connectivity index (χ1) is 34.2. The first-order valence-corrected chi connectivity index (χ1v) is 28.7. The number of piperazine rings is 1. The summed E-state index contributed by atoms with van der Waals surface area (Å²) in [6.07, 6.45) is 7.03. The van der Waals surface area contributed by atoms with Crippen LogP contribution in [0, 0.1) is 0 Å². The van der Waals surface area contributed by atoms with Gasteiger partial charge in [0.05, 0.1) is 58.5 Å². The number of carbonyl (C=O) groups excluding carboxylic acids is 2. The number of likely N-dealkylation sites (N-methyl/N-ethyl adjacent to an activating group) is 1. The Labute approximate surface area is 437 Å². The number of nitrogens with one attached hydrogen (secondary N) is 2. The Morgan fingerprint density at radius 2 is 1.12 bits per heavy atom. The van der Waals surface area contributed by atoms with Gasteiger partial charge in [-0.25, -0.2) is 31.3 Å². The topological polar surface area (TPSA) is 229 Å². The van der Waals surface area contributed by atoms with E-state index in [0.717, 1.165) is 107 Å². The molecular weight excluding hydrogens is 1050 g/mol. The summed E-state index contributed by atoms with van der Waals surface area (Å²) in [6, 6.07) is 15.9. The van der Waals surface area contributed by atoms with Crippen molar-refractivity contribution in [2.24, 2.45) is 5.73 Å². The van der Waals surface area contributed by atoms with E-state index in [0.29, 0.717) is 46.0 Å². The number of amides is 2. The fourth-order valence-electron chi connectivity index (χ4n) is 9.58. The zero-order valence-corrected chi connectivity index (χ0v) is 44.3. The van der Waals surface area contributed by atoms with Crippen LogP contribution in [0.1, 0.15) is 82.7 Å². The summed E-state index contributed by atoms with van der Waals surface area (Å²) < 4.78 is 55.8. The maximum Gasteiger partial charge on any atom is 0.256 e. The minimum atomic E-state index is -3.60. The summed E-state index contributed by atoms with van der Waals surface area (Å²) in [5, 5.41) is 10.8. The molecule has 4 fully saturated rings. The number of nitrogens with zero attached hydrogens (tertiary/aromatic N) is 11. The largest absolute Gasteiger partial charge is 0.354 e. The van der Waals surface area contributed by atoms with Gasteiger partial charge in [0.25, 0.3) is 11.8 Å². The predicted octanol–water partition coefficient (Wildman–Crippen LogP) is 6.45. The Kier molecular flexibility index (Phi) is 15.1. The molecule has 384 valence electrons. The van der Waals surface area contributed by atoms with Gasteiger partial charge in [-0.2, -0.15) is 14.7 Å². The highest BCUT2D eigenvalue weighted by molar-refractivity contribution is 7.92. The lowest BCUT2D eigenvalue weighted by Gasteiger charge is -2.39. The van der Waals surface area contributed by atoms with Gasteiger partial charge in [-0.05, 0) is 82.0 Å². The van der Waals surface area contributed by atoms with Gasteiger partial charge in [0.15, 0.2) is 11.3 Å². The lowest BCUT2D eigenvalue weighted by atomic mass is 9.98. The van der Waals surface area contributed by atoms with Crippen molar-refractivity contribution in [1.29, 1.82) is 0 Å². The van der Waals surface area contributed by atoms with Gasteiger partial charge in [0.2, 0.25) is 20.0 Å². The summed E-state index contributed by atoms with van der Waals surface area (Å²) in [7, 11) is -5.05. The Bertz CT molecular complexity index is 3270. The van der Waals surface area contributed by atoms with Gasteiger partial charge < -0.3 is 30.2 Å². The Morgan fingerprint density at radius 3 is 1.62 bits per heavy atom. The van der Waals surface area contributed by atoms with E-state index >= 15 is 0 Å². The van der Waals surface area contributed by atoms with Crippen LogP contribution in [0.5, 0.6) is 0 Å². The summed E-state index contributed by atoms with van der Waals surface area (Å²) in [6.45, 7) is 6.21. The predicted molar refractivity (Wildman–Crippen MR) is 281 cm³/mol. The number of likely N-dealkylation sites (tertiary alicyclic amines) is 2. The average molecular weight is 1100 g/mol. The molecule has 0 saturated carbocycles. The molecule has 6 aromatic rings. The molecule has 72 heavy (non-hydrogen) atoms. The van der Waals surface area contributed by atoms with Gasteiger partial charge in [-0.15, -0.1) is 0 Å². The van der Waals surface area contributed by atoms with E-state index in [-0.39, 0.29) is 57.6 Å². The van der Waals surface area contributed by atoms with Crippen molar-refractivity contribution in [3.05, 3.63) is 104 Å². The molecule has 4 N–H and O–H groups in total. The van der Waals surface area contributed by atoms with Gasteiger partial charge in [-0.3, -0.25) is 19.0 Å². The molecule has 0 bridgehead atoms. The van der Waals surface area contributed by atoms with Gasteiger partial charge >= 0.3 is 0 Å². The fraction of sp³-hybridized carbons (Fsp3) is 0.435. The molecule has 20 nitrogen and oxygen atoms in total. The maximum absolute atomic E-state index is 14.0. The fourth-order valence-corrected chi connectivity index (χ4v) is 11.5. The Hall–Kier alpha value is -5.20. The molecular formula is C46H54Cl4N14O6S2. The van der Waals surface area contributed by atoms with E-state index < -0.39 is 20.0 Å². The molecule has 4 aromatic heterocycles. The SMILES string of the molecule is CN1CCN(c2cc(N3CC(N)C3)nc3cc([C@@H]4CCCCN4C(=O)c4cc(Cl)ccc4NS(C)(=O)=O)nn23)CC1.CS(=O)(=O)Nc1ccc(Cl)cc1C(=O)N1CCCC[C@H]1c1cc2nc(Cl)cc(Cl)n2n1. The standard InChI is InChI=1S/C27H36ClN9O3S.C19H18Cl3N5O3S/c1-33-9-11-34(12-10-33)26-15-24(35-16-19(29)17-35)30-25-14-22(31-37(25)26)23-5-3-4-8-36(23)27(38)20-13-18(28)6-7-21(20)32-41(2,39)40;1-31(29,30)25-13-6-5-11(20)8-12(13)19(28)26-7-3-2-4-15(26)14-9-18-23-16(21)10-17(22)27(18)24-14/h6-7,13-15,19,23,32H,3-5,8-12,16-17,29H2,1-2H3;5-6,8-10,15,25H,2-4,7H2,1H3/t23-;15-/m00/s1. The summed E-state index contributed by atoms with van der Waals surface area (Å²) in [5.74, 6) is 1.23. The van der Waals surface area contributed by atoms with Crippen LogP contribution in [0.25, 0.3) is 11.3 Å². The number of fused-ring (bicyclic) bond motifs is 2. The van der Waals surface area contributed by atoms with Crippen molar-refractivity contribution in [2.45, 2.75) is 56.7 Å². The van der Waals surface area contributed by atoms with Crippen LogP contribution in [-0.4, -0.2) is 151 Å². The van der Waals surface area contributed by atoms with Crippen LogP contribution < -0.4 is 25.0 Å². The number of hydrogen-bond acceptors (Lipinski definition) is 14. The normalized spacial score (nSPS) is 19.3. The van der Waals surface area contributed by atoms with Crippen LogP contribution in [0.15, 0.2) is 60.7 Å². The number of sulfonamides is 2. The monoisotopic (exact) mass is 1100 g/mol. The lowest BCUT2D eigenvalue weighted by Crippen LogP contribution is -2.56. The van der Waals surface area contributed by atoms with E-state index in [1.165, 1.54) is 40.9 Å². The lowest BCUT2D eigenvalue weighted by molar-refractivity contribution is 0.0600. The van der Waals surface area contributed by atoms with Gasteiger partial charge in [-0.1, -0.05) is 46.4 Å². The third-order valence-electron chi connectivity index (χ3n) is 13.1. The van der Waals surface area contributed by atoms with Gasteiger partial charge in [0, 0.05) is 92.7 Å². The minimum Gasteiger partial charge on any atom is -0.354 e. The van der Waals surface area contributed by atoms with E-state index in [4.69, 9.17) is 62.2 Å². The zero-order chi connectivity index (χ0) is 51.2. The summed E-state index contributed by atoms with van der Waals surface area (Å²) in [5.41, 5.74) is 9.44. The first kappa shape index (κ1) is 51.7. The van der Waals surface area contributed by atoms with Crippen LogP contribution in [0.3, 0.4) is 0 Å². The molecule has 26 heteroatoms. The third-order valence-corrected chi connectivity index (χ3v) is 15.2. The second-order valence-corrected chi connectivity index (χ2v) is 23.8. The Balaban J connectivity index is 0.000000185. The summed E-state index contributed by atoms with van der Waals surface area (Å²) in [4.78, 5) is 47.0. The Morgan fingerprint density at radius 1 is 0.625 bits per heavy atom. The van der Waals surface area contributed by atoms with Crippen LogP contribution >= 0.6 is 46.4 Å². The molecule has 4 aliphatic heterocycles. The number of piperidine rings is 2. The van der Waals surface area contributed by atoms with Gasteiger partial charge in [0.1, 0.15) is 21.9 Å². The van der Waals surface area contributed by atoms with Crippen molar-refractivity contribution in [1.82, 2.24) is 43.9 Å². The molecule has 2 atom stereocenters. The molecule has 8 heterocycles. The van der Waals surface area contributed by atoms with Crippen molar-refractivity contribution < 1.29 is 26.4 Å². The number of rotatable bonds is 10. The van der Waals surface area contributed by atoms with Crippen molar-refractivity contribution in [2.75, 3.05) is 91.2 Å². The number of hydrogen-bond donors (Lipinski definition) is 3. The number of aromatic nitrogens is 6. The van der Waals surface area contributed by atoms with Crippen molar-refractivity contribution >= 4 is 113 Å². The second kappa shape index (κ2) is 21.0. The quantitative estimate of drug-likeness (QED) is 0.125. The van der Waals surface area contributed by atoms with E-state index in [1.807, 2.05) is 10.6 Å². The number of carbonyl (C=O) groups is 2. The highest BCUT2D eigenvalue weighted by atomic mass is 35.5. The number of nitrogens with two attached hydrogens (primary N) is 1. The molecule has 0 aliphatic carbocycles. The van der Waals surface area contributed by atoms with E-state index in [1.54, 1.807) is 21.9 Å². The molecule has 0 radical (unpaired) electrons. The molecule has 0 spiro atoms. The minimum absolute atomic E-state index is 0.149.